The van der Waals surface area contributed by atoms with Crippen LogP contribution >= 0.6 is 0 Å². The molecule has 0 aliphatic rings. The second-order valence-corrected chi connectivity index (χ2v) is 5.45. The molecule has 0 aliphatic carbocycles. The molecule has 0 saturated heterocycles. The van der Waals surface area contributed by atoms with E-state index >= 15 is 0 Å². The fourth-order valence-corrected chi connectivity index (χ4v) is 2.34. The number of hydrogen-bond acceptors (Lipinski definition) is 7. The predicted molar refractivity (Wildman–Crippen MR) is 89.9 cm³/mol. The van der Waals surface area contributed by atoms with E-state index in [1.165, 1.54) is 0 Å². The molecule has 7 nitrogen and oxygen atoms in total. The second kappa shape index (κ2) is 17.1. The molecule has 22 heavy (non-hydrogen) atoms. The first kappa shape index (κ1) is 21.7. The smallest absolute Gasteiger partial charge is 0.0443 e. The molecular weight excluding hydrogens is 284 g/mol. The largest absolute Gasteiger partial charge is 0.396 e. The molecule has 0 fully saturated rings. The Labute approximate surface area is 135 Å². The fourth-order valence-electron chi connectivity index (χ4n) is 2.34. The van der Waals surface area contributed by atoms with Crippen molar-refractivity contribution in [1.82, 2.24) is 15.1 Å². The SMILES string of the molecule is NCCN(CCCO)CCNCCN(CCCO)CCCO. The summed E-state index contributed by atoms with van der Waals surface area (Å²) in [5, 5.41) is 30.1. The highest BCUT2D eigenvalue weighted by Gasteiger charge is 2.05. The monoisotopic (exact) mass is 320 g/mol. The summed E-state index contributed by atoms with van der Waals surface area (Å²) in [6, 6.07) is 0. The quantitative estimate of drug-likeness (QED) is 0.203. The van der Waals surface area contributed by atoms with Gasteiger partial charge in [-0.1, -0.05) is 0 Å². The minimum Gasteiger partial charge on any atom is -0.396 e. The first-order valence-corrected chi connectivity index (χ1v) is 8.46. The average Bonchev–Trinajstić information content (AvgIpc) is 2.53. The maximum absolute atomic E-state index is 8.91. The normalized spacial score (nSPS) is 11.7. The van der Waals surface area contributed by atoms with E-state index in [0.29, 0.717) is 6.54 Å². The highest BCUT2D eigenvalue weighted by atomic mass is 16.3. The van der Waals surface area contributed by atoms with Crippen LogP contribution < -0.4 is 11.1 Å². The maximum atomic E-state index is 8.91. The minimum absolute atomic E-state index is 0.210. The van der Waals surface area contributed by atoms with Gasteiger partial charge in [0.25, 0.3) is 0 Å². The summed E-state index contributed by atoms with van der Waals surface area (Å²) in [6.07, 6.45) is 2.34. The molecule has 0 atom stereocenters. The first-order chi connectivity index (χ1) is 10.8. The molecule has 0 bridgehead atoms. The molecule has 0 aliphatic heterocycles. The lowest BCUT2D eigenvalue weighted by molar-refractivity contribution is 0.200. The van der Waals surface area contributed by atoms with Gasteiger partial charge in [-0.05, 0) is 19.3 Å². The van der Waals surface area contributed by atoms with Crippen LogP contribution in [-0.4, -0.2) is 104 Å². The van der Waals surface area contributed by atoms with Crippen LogP contribution in [0.3, 0.4) is 0 Å². The van der Waals surface area contributed by atoms with E-state index in [-0.39, 0.29) is 19.8 Å². The zero-order chi connectivity index (χ0) is 16.5. The summed E-state index contributed by atoms with van der Waals surface area (Å²) < 4.78 is 0. The number of aliphatic hydroxyl groups is 3. The van der Waals surface area contributed by atoms with E-state index in [2.05, 4.69) is 15.1 Å². The van der Waals surface area contributed by atoms with Crippen LogP contribution in [0.4, 0.5) is 0 Å². The van der Waals surface area contributed by atoms with E-state index < -0.39 is 0 Å². The second-order valence-electron chi connectivity index (χ2n) is 5.45. The highest BCUT2D eigenvalue weighted by molar-refractivity contribution is 4.63. The van der Waals surface area contributed by atoms with E-state index in [1.54, 1.807) is 0 Å². The molecule has 0 radical (unpaired) electrons. The van der Waals surface area contributed by atoms with Gasteiger partial charge < -0.3 is 36.2 Å². The third-order valence-corrected chi connectivity index (χ3v) is 3.55. The van der Waals surface area contributed by atoms with Crippen molar-refractivity contribution in [3.63, 3.8) is 0 Å². The molecule has 6 N–H and O–H groups in total. The van der Waals surface area contributed by atoms with Gasteiger partial charge in [0, 0.05) is 78.7 Å². The summed E-state index contributed by atoms with van der Waals surface area (Å²) in [7, 11) is 0. The van der Waals surface area contributed by atoms with Gasteiger partial charge in [-0.3, -0.25) is 0 Å². The van der Waals surface area contributed by atoms with Gasteiger partial charge in [-0.25, -0.2) is 0 Å². The lowest BCUT2D eigenvalue weighted by Gasteiger charge is -2.23. The van der Waals surface area contributed by atoms with Crippen molar-refractivity contribution in [3.05, 3.63) is 0 Å². The van der Waals surface area contributed by atoms with Crippen molar-refractivity contribution < 1.29 is 15.3 Å². The van der Waals surface area contributed by atoms with Gasteiger partial charge in [-0.2, -0.15) is 0 Å². The Morgan fingerprint density at radius 1 is 0.636 bits per heavy atom. The van der Waals surface area contributed by atoms with Crippen LogP contribution in [0, 0.1) is 0 Å². The highest BCUT2D eigenvalue weighted by Crippen LogP contribution is 1.94. The Bertz CT molecular complexity index is 215. The number of nitrogens with two attached hydrogens (primary N) is 1. The molecule has 0 amide bonds. The van der Waals surface area contributed by atoms with E-state index in [0.717, 1.165) is 71.6 Å². The molecule has 7 heteroatoms. The molecule has 0 aromatic rings. The molecule has 0 rings (SSSR count). The number of nitrogens with zero attached hydrogens (tertiary/aromatic N) is 2. The van der Waals surface area contributed by atoms with Gasteiger partial charge in [-0.15, -0.1) is 0 Å². The Morgan fingerprint density at radius 3 is 1.41 bits per heavy atom. The van der Waals surface area contributed by atoms with Gasteiger partial charge in [0.2, 0.25) is 0 Å². The summed E-state index contributed by atoms with van der Waals surface area (Å²) in [5.74, 6) is 0. The fraction of sp³-hybridized carbons (Fsp3) is 1.00. The van der Waals surface area contributed by atoms with Crippen LogP contribution in [-0.2, 0) is 0 Å². The summed E-state index contributed by atoms with van der Waals surface area (Å²) in [4.78, 5) is 4.53. The number of rotatable bonds is 17. The third-order valence-electron chi connectivity index (χ3n) is 3.55. The number of aliphatic hydroxyl groups excluding tert-OH is 3. The van der Waals surface area contributed by atoms with Crippen molar-refractivity contribution in [2.24, 2.45) is 5.73 Å². The Balaban J connectivity index is 3.75. The van der Waals surface area contributed by atoms with E-state index in [9.17, 15) is 0 Å². The standard InChI is InChI=1S/C15H36N4O3/c16-4-10-19(9-3-15-22)12-6-17-5-11-18(7-1-13-20)8-2-14-21/h17,20-22H,1-16H2. The van der Waals surface area contributed by atoms with Crippen LogP contribution in [0.5, 0.6) is 0 Å². The zero-order valence-electron chi connectivity index (χ0n) is 13.9. The van der Waals surface area contributed by atoms with Crippen LogP contribution in [0.2, 0.25) is 0 Å². The van der Waals surface area contributed by atoms with Crippen LogP contribution in [0.1, 0.15) is 19.3 Å². The summed E-state index contributed by atoms with van der Waals surface area (Å²) in [5.41, 5.74) is 5.59. The average molecular weight is 320 g/mol. The minimum atomic E-state index is 0.210. The summed E-state index contributed by atoms with van der Waals surface area (Å²) in [6.45, 7) is 8.42. The predicted octanol–water partition coefficient (Wildman–Crippen LogP) is -1.71. The topological polar surface area (TPSA) is 105 Å². The van der Waals surface area contributed by atoms with Crippen LogP contribution in [0.15, 0.2) is 0 Å². The lowest BCUT2D eigenvalue weighted by atomic mass is 10.3. The Morgan fingerprint density at radius 2 is 1.05 bits per heavy atom. The Hall–Kier alpha value is -0.280. The molecule has 134 valence electrons. The molecule has 0 heterocycles. The molecule has 0 spiro atoms. The van der Waals surface area contributed by atoms with Gasteiger partial charge in [0.15, 0.2) is 0 Å². The molecule has 0 aromatic carbocycles. The van der Waals surface area contributed by atoms with Gasteiger partial charge in [0.05, 0.1) is 0 Å². The van der Waals surface area contributed by atoms with Gasteiger partial charge >= 0.3 is 0 Å². The van der Waals surface area contributed by atoms with Crippen molar-refractivity contribution in [2.45, 2.75) is 19.3 Å². The van der Waals surface area contributed by atoms with Crippen molar-refractivity contribution in [3.8, 4) is 0 Å². The first-order valence-electron chi connectivity index (χ1n) is 8.46. The number of hydrogen-bond donors (Lipinski definition) is 5. The number of nitrogens with one attached hydrogen (secondary N) is 1. The Kier molecular flexibility index (Phi) is 16.9. The third kappa shape index (κ3) is 13.4. The lowest BCUT2D eigenvalue weighted by Crippen LogP contribution is -2.39. The van der Waals surface area contributed by atoms with Gasteiger partial charge in [0.1, 0.15) is 0 Å². The van der Waals surface area contributed by atoms with E-state index in [4.69, 9.17) is 21.1 Å². The van der Waals surface area contributed by atoms with Crippen molar-refractivity contribution in [2.75, 3.05) is 78.7 Å². The molecule has 0 aromatic heterocycles. The van der Waals surface area contributed by atoms with Crippen molar-refractivity contribution in [1.29, 1.82) is 0 Å². The van der Waals surface area contributed by atoms with E-state index in [1.807, 2.05) is 0 Å². The molecule has 0 unspecified atom stereocenters. The molecular formula is C15H36N4O3. The molecule has 0 saturated carbocycles. The summed E-state index contributed by atoms with van der Waals surface area (Å²) >= 11 is 0. The van der Waals surface area contributed by atoms with Crippen LogP contribution in [0.25, 0.3) is 0 Å². The zero-order valence-corrected chi connectivity index (χ0v) is 13.9. The maximum Gasteiger partial charge on any atom is 0.0443 e. The van der Waals surface area contributed by atoms with Crippen molar-refractivity contribution >= 4 is 0 Å².